The summed E-state index contributed by atoms with van der Waals surface area (Å²) in [7, 11) is 2.78. The molecule has 5 rings (SSSR count). The van der Waals surface area contributed by atoms with E-state index in [-0.39, 0.29) is 21.3 Å². The Hall–Kier alpha value is -4.96. The van der Waals surface area contributed by atoms with Gasteiger partial charge < -0.3 is 19.3 Å². The van der Waals surface area contributed by atoms with Gasteiger partial charge in [-0.2, -0.15) is 0 Å². The van der Waals surface area contributed by atoms with Crippen LogP contribution in [0.5, 0.6) is 17.2 Å². The van der Waals surface area contributed by atoms with Crippen molar-refractivity contribution in [3.05, 3.63) is 106 Å². The quantitative estimate of drug-likeness (QED) is 0.125. The number of Topliss-reactive ketones (excluding diaryl/α,β-unsaturated/α-hetero) is 1. The van der Waals surface area contributed by atoms with Crippen LogP contribution in [0.1, 0.15) is 38.1 Å². The van der Waals surface area contributed by atoms with Crippen LogP contribution in [-0.2, 0) is 14.3 Å². The summed E-state index contributed by atoms with van der Waals surface area (Å²) in [4.78, 5) is 45.4. The van der Waals surface area contributed by atoms with E-state index >= 15 is 0 Å². The van der Waals surface area contributed by atoms with Crippen LogP contribution in [0.4, 0.5) is 5.13 Å². The number of methoxy groups -OCH3 is 2. The van der Waals surface area contributed by atoms with Gasteiger partial charge in [0.15, 0.2) is 5.13 Å². The maximum absolute atomic E-state index is 13.6. The number of aryl methyl sites for hydroxylation is 2. The van der Waals surface area contributed by atoms with Crippen molar-refractivity contribution in [2.45, 2.75) is 19.9 Å². The van der Waals surface area contributed by atoms with Crippen molar-refractivity contribution in [3.63, 3.8) is 0 Å². The summed E-state index contributed by atoms with van der Waals surface area (Å²) in [5.74, 6) is -1.07. The average Bonchev–Trinajstić information content (AvgIpc) is 3.49. The monoisotopic (exact) mass is 570 g/mol. The molecule has 208 valence electrons. The third-order valence-corrected chi connectivity index (χ3v) is 7.78. The van der Waals surface area contributed by atoms with Gasteiger partial charge in [0.2, 0.25) is 0 Å². The van der Waals surface area contributed by atoms with Crippen molar-refractivity contribution in [3.8, 4) is 17.2 Å². The van der Waals surface area contributed by atoms with Crippen LogP contribution in [0.3, 0.4) is 0 Å². The normalized spacial score (nSPS) is 16.1. The minimum atomic E-state index is -1.06. The van der Waals surface area contributed by atoms with E-state index in [1.807, 2.05) is 18.2 Å². The molecule has 41 heavy (non-hydrogen) atoms. The number of nitrogens with zero attached hydrogens (tertiary/aromatic N) is 2. The lowest BCUT2D eigenvalue weighted by molar-refractivity contribution is -0.132. The number of amides is 1. The van der Waals surface area contributed by atoms with Gasteiger partial charge in [0, 0.05) is 5.56 Å². The summed E-state index contributed by atoms with van der Waals surface area (Å²) in [5.41, 5.74) is 1.75. The first-order chi connectivity index (χ1) is 19.7. The molecule has 0 unspecified atom stereocenters. The summed E-state index contributed by atoms with van der Waals surface area (Å²) >= 11 is 0.933. The molecule has 0 aliphatic carbocycles. The number of ether oxygens (including phenoxy) is 3. The van der Waals surface area contributed by atoms with E-state index in [4.69, 9.17) is 14.2 Å². The standard InChI is InChI=1S/C31H26N2O7S/c1-17-15-21(38-3)13-14-23(17)26(34)24-25(19-9-8-12-22(16-19)40-20-10-6-5-7-11-20)33(29(36)27(24)35)31-32-18(2)28(41-31)30(37)39-4/h5-16,25,34H,1-4H3/b26-24+/t25-/m1/s1. The number of para-hydroxylation sites is 1. The van der Waals surface area contributed by atoms with Crippen LogP contribution in [0.25, 0.3) is 5.76 Å². The molecule has 1 aliphatic rings. The number of anilines is 1. The number of carbonyl (C=O) groups is 3. The zero-order valence-electron chi connectivity index (χ0n) is 22.7. The number of carbonyl (C=O) groups excluding carboxylic acids is 3. The van der Waals surface area contributed by atoms with E-state index in [1.54, 1.807) is 68.4 Å². The van der Waals surface area contributed by atoms with Crippen LogP contribution >= 0.6 is 11.3 Å². The summed E-state index contributed by atoms with van der Waals surface area (Å²) in [5, 5.41) is 11.7. The second-order valence-corrected chi connectivity index (χ2v) is 10.2. The molecule has 0 bridgehead atoms. The summed E-state index contributed by atoms with van der Waals surface area (Å²) in [6, 6.07) is 20.0. The van der Waals surface area contributed by atoms with Gasteiger partial charge in [-0.1, -0.05) is 41.7 Å². The van der Waals surface area contributed by atoms with Gasteiger partial charge in [0.05, 0.1) is 31.5 Å². The average molecular weight is 571 g/mol. The van der Waals surface area contributed by atoms with Gasteiger partial charge in [-0.3, -0.25) is 14.5 Å². The molecule has 0 saturated carbocycles. The molecule has 4 aromatic rings. The van der Waals surface area contributed by atoms with E-state index in [9.17, 15) is 19.5 Å². The number of aliphatic hydroxyl groups excluding tert-OH is 1. The Morgan fingerprint density at radius 3 is 2.34 bits per heavy atom. The number of ketones is 1. The highest BCUT2D eigenvalue weighted by molar-refractivity contribution is 7.17. The lowest BCUT2D eigenvalue weighted by Crippen LogP contribution is -2.29. The molecule has 1 amide bonds. The molecular weight excluding hydrogens is 544 g/mol. The van der Waals surface area contributed by atoms with Crippen molar-refractivity contribution in [2.24, 2.45) is 0 Å². The highest BCUT2D eigenvalue weighted by Gasteiger charge is 2.48. The van der Waals surface area contributed by atoms with Gasteiger partial charge in [-0.15, -0.1) is 0 Å². The maximum Gasteiger partial charge on any atom is 0.350 e. The van der Waals surface area contributed by atoms with Crippen molar-refractivity contribution >= 4 is 39.9 Å². The summed E-state index contributed by atoms with van der Waals surface area (Å²) in [6.45, 7) is 3.39. The van der Waals surface area contributed by atoms with E-state index < -0.39 is 23.7 Å². The Balaban J connectivity index is 1.69. The first-order valence-electron chi connectivity index (χ1n) is 12.6. The third kappa shape index (κ3) is 5.17. The van der Waals surface area contributed by atoms with Crippen molar-refractivity contribution in [2.75, 3.05) is 19.1 Å². The molecule has 2 heterocycles. The van der Waals surface area contributed by atoms with E-state index in [0.29, 0.717) is 39.6 Å². The first kappa shape index (κ1) is 27.6. The molecule has 9 nitrogen and oxygen atoms in total. The predicted molar refractivity (Wildman–Crippen MR) is 154 cm³/mol. The molecule has 10 heteroatoms. The maximum atomic E-state index is 13.6. The molecule has 1 atom stereocenters. The van der Waals surface area contributed by atoms with Gasteiger partial charge in [0.25, 0.3) is 5.78 Å². The summed E-state index contributed by atoms with van der Waals surface area (Å²) in [6.07, 6.45) is 0. The molecular formula is C31H26N2O7S. The Morgan fingerprint density at radius 1 is 0.927 bits per heavy atom. The topological polar surface area (TPSA) is 115 Å². The van der Waals surface area contributed by atoms with Crippen LogP contribution in [-0.4, -0.2) is 42.0 Å². The van der Waals surface area contributed by atoms with Gasteiger partial charge in [-0.25, -0.2) is 9.78 Å². The number of aliphatic hydroxyl groups is 1. The molecule has 1 fully saturated rings. The van der Waals surface area contributed by atoms with Gasteiger partial charge in [-0.05, 0) is 67.4 Å². The predicted octanol–water partition coefficient (Wildman–Crippen LogP) is 5.97. The fraction of sp³-hybridized carbons (Fsp3) is 0.161. The fourth-order valence-corrected chi connectivity index (χ4v) is 5.67. The van der Waals surface area contributed by atoms with E-state index in [1.165, 1.54) is 19.1 Å². The Bertz CT molecular complexity index is 1690. The molecule has 0 radical (unpaired) electrons. The van der Waals surface area contributed by atoms with E-state index in [2.05, 4.69) is 4.98 Å². The Labute approximate surface area is 240 Å². The van der Waals surface area contributed by atoms with Crippen LogP contribution in [0.15, 0.2) is 78.4 Å². The Kier molecular flexibility index (Phi) is 7.58. The fourth-order valence-electron chi connectivity index (χ4n) is 4.66. The van der Waals surface area contributed by atoms with Crippen molar-refractivity contribution in [1.29, 1.82) is 0 Å². The van der Waals surface area contributed by atoms with Crippen LogP contribution in [0.2, 0.25) is 0 Å². The largest absolute Gasteiger partial charge is 0.507 e. The third-order valence-electron chi connectivity index (χ3n) is 6.65. The zero-order chi connectivity index (χ0) is 29.3. The number of hydrogen-bond acceptors (Lipinski definition) is 9. The highest BCUT2D eigenvalue weighted by Crippen LogP contribution is 2.45. The second kappa shape index (κ2) is 11.3. The number of thiazole rings is 1. The minimum absolute atomic E-state index is 0.118. The van der Waals surface area contributed by atoms with E-state index in [0.717, 1.165) is 11.3 Å². The Morgan fingerprint density at radius 2 is 1.66 bits per heavy atom. The van der Waals surface area contributed by atoms with Crippen LogP contribution < -0.4 is 14.4 Å². The van der Waals surface area contributed by atoms with Crippen molar-refractivity contribution < 1.29 is 33.7 Å². The minimum Gasteiger partial charge on any atom is -0.507 e. The molecule has 1 aromatic heterocycles. The van der Waals surface area contributed by atoms with Crippen LogP contribution in [0, 0.1) is 13.8 Å². The lowest BCUT2D eigenvalue weighted by Gasteiger charge is -2.23. The molecule has 0 spiro atoms. The first-order valence-corrected chi connectivity index (χ1v) is 13.4. The highest BCUT2D eigenvalue weighted by atomic mass is 32.1. The summed E-state index contributed by atoms with van der Waals surface area (Å²) < 4.78 is 16.1. The number of benzene rings is 3. The van der Waals surface area contributed by atoms with Gasteiger partial charge in [0.1, 0.15) is 27.9 Å². The molecule has 1 aliphatic heterocycles. The smallest absolute Gasteiger partial charge is 0.350 e. The van der Waals surface area contributed by atoms with Crippen molar-refractivity contribution in [1.82, 2.24) is 4.98 Å². The second-order valence-electron chi connectivity index (χ2n) is 9.24. The van der Waals surface area contributed by atoms with Gasteiger partial charge >= 0.3 is 11.9 Å². The zero-order valence-corrected chi connectivity index (χ0v) is 23.5. The molecule has 1 saturated heterocycles. The number of hydrogen-bond donors (Lipinski definition) is 1. The number of esters is 1. The number of rotatable bonds is 7. The lowest BCUT2D eigenvalue weighted by atomic mass is 9.94. The molecule has 3 aromatic carbocycles. The SMILES string of the molecule is COC(=O)c1sc(N2C(=O)C(=O)/C(=C(/O)c3ccc(OC)cc3C)[C@H]2c2cccc(Oc3ccccc3)c2)nc1C. The molecule has 1 N–H and O–H groups in total. The number of aromatic nitrogens is 1.